The van der Waals surface area contributed by atoms with Crippen LogP contribution < -0.4 is 9.80 Å². The van der Waals surface area contributed by atoms with Crippen molar-refractivity contribution in [1.29, 1.82) is 0 Å². The van der Waals surface area contributed by atoms with Gasteiger partial charge in [-0.25, -0.2) is 4.39 Å². The molecular formula is C22H29FN6OS. The molecule has 1 aromatic heterocycles. The van der Waals surface area contributed by atoms with E-state index in [4.69, 9.17) is 0 Å². The number of para-hydroxylation sites is 1. The van der Waals surface area contributed by atoms with Gasteiger partial charge in [0.25, 0.3) is 0 Å². The van der Waals surface area contributed by atoms with Crippen LogP contribution in [0.5, 0.6) is 0 Å². The molecule has 1 aromatic carbocycles. The molecule has 2 aliphatic heterocycles. The standard InChI is InChI=1S/C22H29FN6OS/c23-18-6-2-3-7-19(18)26-12-14-27(15-13-26)20(30)16-31-22-25-24-21(29(22)17-8-9-17)28-10-4-1-5-11-28/h2-3,6-7,17H,1,4-5,8-16H2. The number of rotatable bonds is 6. The van der Waals surface area contributed by atoms with Crippen molar-refractivity contribution in [2.24, 2.45) is 0 Å². The number of hydrogen-bond acceptors (Lipinski definition) is 6. The third-order valence-electron chi connectivity index (χ3n) is 6.35. The van der Waals surface area contributed by atoms with Crippen LogP contribution in [-0.4, -0.2) is 70.6 Å². The van der Waals surface area contributed by atoms with Crippen LogP contribution in [0.3, 0.4) is 0 Å². The molecule has 0 radical (unpaired) electrons. The van der Waals surface area contributed by atoms with Gasteiger partial charge in [-0.3, -0.25) is 9.36 Å². The molecule has 0 spiro atoms. The minimum Gasteiger partial charge on any atom is -0.366 e. The maximum atomic E-state index is 14.0. The van der Waals surface area contributed by atoms with Gasteiger partial charge < -0.3 is 14.7 Å². The zero-order valence-corrected chi connectivity index (χ0v) is 18.6. The summed E-state index contributed by atoms with van der Waals surface area (Å²) in [5.41, 5.74) is 0.617. The third kappa shape index (κ3) is 4.51. The lowest BCUT2D eigenvalue weighted by Gasteiger charge is -2.36. The zero-order chi connectivity index (χ0) is 21.2. The van der Waals surface area contributed by atoms with Gasteiger partial charge in [0, 0.05) is 45.3 Å². The lowest BCUT2D eigenvalue weighted by Crippen LogP contribution is -2.49. The van der Waals surface area contributed by atoms with Gasteiger partial charge in [0.15, 0.2) is 5.16 Å². The Morgan fingerprint density at radius 3 is 2.42 bits per heavy atom. The number of carbonyl (C=O) groups is 1. The molecule has 2 saturated heterocycles. The number of halogens is 1. The van der Waals surface area contributed by atoms with Crippen LogP contribution in [0, 0.1) is 5.82 Å². The zero-order valence-electron chi connectivity index (χ0n) is 17.7. The molecule has 5 rings (SSSR count). The van der Waals surface area contributed by atoms with E-state index in [-0.39, 0.29) is 11.7 Å². The number of benzene rings is 1. The van der Waals surface area contributed by atoms with E-state index in [1.54, 1.807) is 12.1 Å². The highest BCUT2D eigenvalue weighted by molar-refractivity contribution is 7.99. The normalized spacial score (nSPS) is 19.7. The first kappa shape index (κ1) is 20.6. The van der Waals surface area contributed by atoms with E-state index in [9.17, 15) is 9.18 Å². The molecule has 3 heterocycles. The molecule has 1 saturated carbocycles. The number of nitrogens with zero attached hydrogens (tertiary/aromatic N) is 6. The predicted octanol–water partition coefficient (Wildman–Crippen LogP) is 3.18. The lowest BCUT2D eigenvalue weighted by atomic mass is 10.1. The number of anilines is 2. The molecule has 9 heteroatoms. The first-order valence-corrected chi connectivity index (χ1v) is 12.3. The smallest absolute Gasteiger partial charge is 0.233 e. The molecule has 1 amide bonds. The van der Waals surface area contributed by atoms with Crippen LogP contribution in [0.4, 0.5) is 16.0 Å². The van der Waals surface area contributed by atoms with Gasteiger partial charge in [-0.1, -0.05) is 23.9 Å². The second-order valence-corrected chi connectivity index (χ2v) is 9.48. The highest BCUT2D eigenvalue weighted by Gasteiger charge is 2.32. The summed E-state index contributed by atoms with van der Waals surface area (Å²) in [6.07, 6.45) is 6.03. The van der Waals surface area contributed by atoms with E-state index in [1.807, 2.05) is 15.9 Å². The lowest BCUT2D eigenvalue weighted by molar-refractivity contribution is -0.128. The van der Waals surface area contributed by atoms with Gasteiger partial charge >= 0.3 is 0 Å². The Bertz CT molecular complexity index is 918. The Morgan fingerprint density at radius 1 is 0.968 bits per heavy atom. The van der Waals surface area contributed by atoms with Crippen LogP contribution in [0.25, 0.3) is 0 Å². The minimum atomic E-state index is -0.207. The fraction of sp³-hybridized carbons (Fsp3) is 0.591. The fourth-order valence-electron chi connectivity index (χ4n) is 4.45. The molecule has 0 atom stereocenters. The molecule has 7 nitrogen and oxygen atoms in total. The van der Waals surface area contributed by atoms with E-state index in [0.29, 0.717) is 43.7 Å². The second kappa shape index (κ2) is 9.06. The summed E-state index contributed by atoms with van der Waals surface area (Å²) in [6.45, 7) is 4.61. The molecule has 3 fully saturated rings. The van der Waals surface area contributed by atoms with Crippen molar-refractivity contribution in [3.63, 3.8) is 0 Å². The average Bonchev–Trinajstić information content (AvgIpc) is 3.57. The Hall–Kier alpha value is -2.29. The van der Waals surface area contributed by atoms with Crippen LogP contribution in [0.1, 0.15) is 38.1 Å². The van der Waals surface area contributed by atoms with Crippen molar-refractivity contribution in [2.45, 2.75) is 43.3 Å². The Labute approximate surface area is 186 Å². The third-order valence-corrected chi connectivity index (χ3v) is 7.28. The van der Waals surface area contributed by atoms with Gasteiger partial charge in [-0.05, 0) is 44.2 Å². The SMILES string of the molecule is O=C(CSc1nnc(N2CCCCC2)n1C1CC1)N1CCN(c2ccccc2F)CC1. The molecule has 0 N–H and O–H groups in total. The van der Waals surface area contributed by atoms with Gasteiger partial charge in [0.05, 0.1) is 11.4 Å². The number of amides is 1. The van der Waals surface area contributed by atoms with Crippen LogP contribution in [-0.2, 0) is 4.79 Å². The number of piperazine rings is 1. The van der Waals surface area contributed by atoms with Crippen LogP contribution in [0.2, 0.25) is 0 Å². The van der Waals surface area contributed by atoms with Crippen molar-refractivity contribution < 1.29 is 9.18 Å². The molecule has 31 heavy (non-hydrogen) atoms. The average molecular weight is 445 g/mol. The molecular weight excluding hydrogens is 415 g/mol. The monoisotopic (exact) mass is 444 g/mol. The molecule has 166 valence electrons. The number of aromatic nitrogens is 3. The summed E-state index contributed by atoms with van der Waals surface area (Å²) >= 11 is 1.50. The predicted molar refractivity (Wildman–Crippen MR) is 120 cm³/mol. The molecule has 0 unspecified atom stereocenters. The highest BCUT2D eigenvalue weighted by atomic mass is 32.2. The van der Waals surface area contributed by atoms with Crippen molar-refractivity contribution in [2.75, 3.05) is 54.8 Å². The summed E-state index contributed by atoms with van der Waals surface area (Å²) in [7, 11) is 0. The Morgan fingerprint density at radius 2 is 1.71 bits per heavy atom. The van der Waals surface area contributed by atoms with Gasteiger partial charge in [-0.2, -0.15) is 0 Å². The summed E-state index contributed by atoms with van der Waals surface area (Å²) < 4.78 is 16.3. The van der Waals surface area contributed by atoms with Gasteiger partial charge in [0.2, 0.25) is 11.9 Å². The van der Waals surface area contributed by atoms with E-state index in [0.717, 1.165) is 24.2 Å². The van der Waals surface area contributed by atoms with Gasteiger partial charge in [-0.15, -0.1) is 10.2 Å². The quantitative estimate of drug-likeness (QED) is 0.638. The topological polar surface area (TPSA) is 57.5 Å². The first-order chi connectivity index (χ1) is 15.2. The first-order valence-electron chi connectivity index (χ1n) is 11.3. The molecule has 3 aliphatic rings. The maximum absolute atomic E-state index is 14.0. The van der Waals surface area contributed by atoms with Crippen molar-refractivity contribution in [1.82, 2.24) is 19.7 Å². The molecule has 1 aliphatic carbocycles. The largest absolute Gasteiger partial charge is 0.366 e. The number of piperidine rings is 1. The summed E-state index contributed by atoms with van der Waals surface area (Å²) in [5, 5.41) is 9.80. The van der Waals surface area contributed by atoms with Crippen LogP contribution in [0.15, 0.2) is 29.4 Å². The molecule has 2 aromatic rings. The Balaban J connectivity index is 1.18. The second-order valence-electron chi connectivity index (χ2n) is 8.54. The van der Waals surface area contributed by atoms with Crippen molar-refractivity contribution >= 4 is 29.3 Å². The summed E-state index contributed by atoms with van der Waals surface area (Å²) in [6, 6.07) is 7.31. The number of carbonyl (C=O) groups excluding carboxylic acids is 1. The fourth-order valence-corrected chi connectivity index (χ4v) is 5.36. The highest BCUT2D eigenvalue weighted by Crippen LogP contribution is 2.41. The van der Waals surface area contributed by atoms with Gasteiger partial charge in [0.1, 0.15) is 5.82 Å². The summed E-state index contributed by atoms with van der Waals surface area (Å²) in [4.78, 5) is 19.1. The van der Waals surface area contributed by atoms with Crippen molar-refractivity contribution in [3.8, 4) is 0 Å². The van der Waals surface area contributed by atoms with E-state index >= 15 is 0 Å². The van der Waals surface area contributed by atoms with Crippen LogP contribution >= 0.6 is 11.8 Å². The summed E-state index contributed by atoms with van der Waals surface area (Å²) in [5.74, 6) is 1.25. The van der Waals surface area contributed by atoms with E-state index < -0.39 is 0 Å². The molecule has 0 bridgehead atoms. The minimum absolute atomic E-state index is 0.114. The maximum Gasteiger partial charge on any atom is 0.233 e. The van der Waals surface area contributed by atoms with E-state index in [1.165, 1.54) is 49.9 Å². The number of hydrogen-bond donors (Lipinski definition) is 0. The van der Waals surface area contributed by atoms with Crippen molar-refractivity contribution in [3.05, 3.63) is 30.1 Å². The number of thioether (sulfide) groups is 1. The van der Waals surface area contributed by atoms with E-state index in [2.05, 4.69) is 19.7 Å². The Kier molecular flexibility index (Phi) is 6.02.